The second kappa shape index (κ2) is 7.74. The predicted molar refractivity (Wildman–Crippen MR) is 94.1 cm³/mol. The van der Waals surface area contributed by atoms with Crippen molar-refractivity contribution in [1.82, 2.24) is 24.6 Å². The number of nitrogens with zero attached hydrogens (tertiary/aromatic N) is 5. The lowest BCUT2D eigenvalue weighted by Crippen LogP contribution is -2.41. The lowest BCUT2D eigenvalue weighted by atomic mass is 9.92. The van der Waals surface area contributed by atoms with Crippen LogP contribution in [0.15, 0.2) is 24.7 Å². The Bertz CT molecular complexity index is 728. The fraction of sp³-hybridized carbons (Fsp3) is 0.556. The van der Waals surface area contributed by atoms with Crippen LogP contribution in [0.25, 0.3) is 11.4 Å². The summed E-state index contributed by atoms with van der Waals surface area (Å²) in [5.41, 5.74) is 2.78. The zero-order valence-corrected chi connectivity index (χ0v) is 15.1. The van der Waals surface area contributed by atoms with E-state index < -0.39 is 0 Å². The molecule has 2 aromatic rings. The van der Waals surface area contributed by atoms with Crippen LogP contribution in [-0.2, 0) is 9.53 Å². The van der Waals surface area contributed by atoms with Crippen molar-refractivity contribution in [3.63, 3.8) is 0 Å². The van der Waals surface area contributed by atoms with Gasteiger partial charge in [0.05, 0.1) is 11.4 Å². The summed E-state index contributed by atoms with van der Waals surface area (Å²) < 4.78 is 6.95. The first-order chi connectivity index (χ1) is 12.1. The summed E-state index contributed by atoms with van der Waals surface area (Å²) in [5, 5.41) is 4.41. The van der Waals surface area contributed by atoms with Crippen LogP contribution >= 0.6 is 0 Å². The first-order valence-electron chi connectivity index (χ1n) is 8.73. The van der Waals surface area contributed by atoms with E-state index in [4.69, 9.17) is 4.74 Å². The van der Waals surface area contributed by atoms with Crippen molar-refractivity contribution in [2.45, 2.75) is 38.6 Å². The van der Waals surface area contributed by atoms with Gasteiger partial charge in [0.2, 0.25) is 5.91 Å². The third kappa shape index (κ3) is 3.71. The molecule has 134 valence electrons. The number of amides is 1. The number of carbonyl (C=O) groups is 1. The van der Waals surface area contributed by atoms with E-state index in [1.54, 1.807) is 25.7 Å². The number of hydrogen-bond acceptors (Lipinski definition) is 5. The summed E-state index contributed by atoms with van der Waals surface area (Å²) in [6, 6.07) is 2.22. The Balaban J connectivity index is 1.90. The minimum Gasteiger partial charge on any atom is -0.375 e. The largest absolute Gasteiger partial charge is 0.375 e. The van der Waals surface area contributed by atoms with Crippen molar-refractivity contribution in [2.75, 3.05) is 26.8 Å². The Kier molecular flexibility index (Phi) is 5.43. The van der Waals surface area contributed by atoms with Gasteiger partial charge in [0.1, 0.15) is 12.3 Å². The molecule has 1 atom stereocenters. The first-order valence-corrected chi connectivity index (χ1v) is 8.73. The monoisotopic (exact) mass is 343 g/mol. The SMILES string of the molecule is COCC(=O)N1CCC[C@@H](c2nccnc2-c2ccnn2C(C)C)C1. The number of ether oxygens (including phenoxy) is 1. The average molecular weight is 343 g/mol. The molecule has 0 saturated carbocycles. The number of rotatable bonds is 5. The summed E-state index contributed by atoms with van der Waals surface area (Å²) in [6.07, 6.45) is 7.19. The molecule has 1 fully saturated rings. The highest BCUT2D eigenvalue weighted by molar-refractivity contribution is 5.77. The highest BCUT2D eigenvalue weighted by Gasteiger charge is 2.28. The number of piperidine rings is 1. The third-order valence-corrected chi connectivity index (χ3v) is 4.56. The van der Waals surface area contributed by atoms with Gasteiger partial charge in [-0.2, -0.15) is 5.10 Å². The van der Waals surface area contributed by atoms with Gasteiger partial charge in [-0.3, -0.25) is 19.4 Å². The molecule has 1 saturated heterocycles. The topological polar surface area (TPSA) is 73.1 Å². The smallest absolute Gasteiger partial charge is 0.248 e. The summed E-state index contributed by atoms with van der Waals surface area (Å²) >= 11 is 0. The maximum absolute atomic E-state index is 12.2. The molecule has 1 aliphatic rings. The highest BCUT2D eigenvalue weighted by atomic mass is 16.5. The number of likely N-dealkylation sites (tertiary alicyclic amines) is 1. The molecule has 0 unspecified atom stereocenters. The molecule has 2 aromatic heterocycles. The van der Waals surface area contributed by atoms with E-state index in [0.717, 1.165) is 36.5 Å². The van der Waals surface area contributed by atoms with Crippen molar-refractivity contribution in [3.05, 3.63) is 30.4 Å². The molecular formula is C18H25N5O2. The Morgan fingerprint density at radius 3 is 2.88 bits per heavy atom. The Morgan fingerprint density at radius 2 is 2.12 bits per heavy atom. The van der Waals surface area contributed by atoms with Gasteiger partial charge in [-0.25, -0.2) is 0 Å². The number of aromatic nitrogens is 4. The van der Waals surface area contributed by atoms with E-state index >= 15 is 0 Å². The van der Waals surface area contributed by atoms with Crippen LogP contribution < -0.4 is 0 Å². The van der Waals surface area contributed by atoms with E-state index in [0.29, 0.717) is 6.54 Å². The van der Waals surface area contributed by atoms with Gasteiger partial charge in [0.25, 0.3) is 0 Å². The molecule has 1 amide bonds. The van der Waals surface area contributed by atoms with Crippen LogP contribution in [0.3, 0.4) is 0 Å². The molecule has 7 heteroatoms. The summed E-state index contributed by atoms with van der Waals surface area (Å²) in [4.78, 5) is 23.3. The number of carbonyl (C=O) groups excluding carboxylic acids is 1. The van der Waals surface area contributed by atoms with Crippen LogP contribution in [0.2, 0.25) is 0 Å². The van der Waals surface area contributed by atoms with E-state index in [-0.39, 0.29) is 24.5 Å². The molecule has 0 aliphatic carbocycles. The first kappa shape index (κ1) is 17.5. The van der Waals surface area contributed by atoms with Crippen molar-refractivity contribution in [2.24, 2.45) is 0 Å². The normalized spacial score (nSPS) is 17.9. The predicted octanol–water partition coefficient (Wildman–Crippen LogP) is 2.27. The summed E-state index contributed by atoms with van der Waals surface area (Å²) in [5.74, 6) is 0.207. The van der Waals surface area contributed by atoms with Crippen LogP contribution in [0.5, 0.6) is 0 Å². The molecule has 25 heavy (non-hydrogen) atoms. The third-order valence-electron chi connectivity index (χ3n) is 4.56. The zero-order valence-electron chi connectivity index (χ0n) is 15.1. The molecule has 7 nitrogen and oxygen atoms in total. The average Bonchev–Trinajstić information content (AvgIpc) is 3.12. The minimum atomic E-state index is 0.0323. The van der Waals surface area contributed by atoms with E-state index in [1.807, 2.05) is 15.6 Å². The van der Waals surface area contributed by atoms with Crippen molar-refractivity contribution < 1.29 is 9.53 Å². The fourth-order valence-corrected chi connectivity index (χ4v) is 3.40. The quantitative estimate of drug-likeness (QED) is 0.833. The Hall–Kier alpha value is -2.28. The molecule has 0 N–H and O–H groups in total. The van der Waals surface area contributed by atoms with Crippen LogP contribution in [0.4, 0.5) is 0 Å². The molecule has 3 rings (SSSR count). The van der Waals surface area contributed by atoms with Gasteiger partial charge >= 0.3 is 0 Å². The molecule has 0 spiro atoms. The number of methoxy groups -OCH3 is 1. The fourth-order valence-electron chi connectivity index (χ4n) is 3.40. The molecule has 3 heterocycles. The Labute approximate surface area is 148 Å². The second-order valence-electron chi connectivity index (χ2n) is 6.66. The molecule has 1 aliphatic heterocycles. The molecule has 0 radical (unpaired) electrons. The minimum absolute atomic E-state index is 0.0323. The van der Waals surface area contributed by atoms with Gasteiger partial charge in [-0.05, 0) is 32.8 Å². The maximum Gasteiger partial charge on any atom is 0.248 e. The van der Waals surface area contributed by atoms with Gasteiger partial charge in [-0.15, -0.1) is 0 Å². The van der Waals surface area contributed by atoms with Gasteiger partial charge < -0.3 is 9.64 Å². The standard InChI is InChI=1S/C18H25N5O2/c1-13(2)23-15(6-7-21-23)18-17(19-8-9-20-18)14-5-4-10-22(11-14)16(24)12-25-3/h6-9,13-14H,4-5,10-12H2,1-3H3/t14-/m1/s1. The highest BCUT2D eigenvalue weighted by Crippen LogP contribution is 2.32. The molecular weight excluding hydrogens is 318 g/mol. The molecule has 0 bridgehead atoms. The van der Waals surface area contributed by atoms with Gasteiger partial charge in [-0.1, -0.05) is 0 Å². The van der Waals surface area contributed by atoms with E-state index in [9.17, 15) is 4.79 Å². The van der Waals surface area contributed by atoms with Crippen LogP contribution in [-0.4, -0.2) is 57.4 Å². The second-order valence-corrected chi connectivity index (χ2v) is 6.66. The zero-order chi connectivity index (χ0) is 17.8. The van der Waals surface area contributed by atoms with E-state index in [1.165, 1.54) is 0 Å². The van der Waals surface area contributed by atoms with Crippen LogP contribution in [0, 0.1) is 0 Å². The lowest BCUT2D eigenvalue weighted by Gasteiger charge is -2.33. The van der Waals surface area contributed by atoms with Crippen molar-refractivity contribution in [3.8, 4) is 11.4 Å². The van der Waals surface area contributed by atoms with E-state index in [2.05, 4.69) is 28.9 Å². The summed E-state index contributed by atoms with van der Waals surface area (Å²) in [7, 11) is 1.55. The maximum atomic E-state index is 12.2. The van der Waals surface area contributed by atoms with Crippen molar-refractivity contribution in [1.29, 1.82) is 0 Å². The number of hydrogen-bond donors (Lipinski definition) is 0. The Morgan fingerprint density at radius 1 is 1.32 bits per heavy atom. The lowest BCUT2D eigenvalue weighted by molar-refractivity contribution is -0.136. The van der Waals surface area contributed by atoms with Crippen LogP contribution in [0.1, 0.15) is 44.3 Å². The summed E-state index contributed by atoms with van der Waals surface area (Å²) in [6.45, 7) is 5.75. The molecule has 0 aromatic carbocycles. The van der Waals surface area contributed by atoms with Gasteiger partial charge in [0, 0.05) is 50.7 Å². The van der Waals surface area contributed by atoms with Gasteiger partial charge in [0.15, 0.2) is 0 Å². The van der Waals surface area contributed by atoms with Crippen molar-refractivity contribution >= 4 is 5.91 Å².